The predicted octanol–water partition coefficient (Wildman–Crippen LogP) is 2.09. The summed E-state index contributed by atoms with van der Waals surface area (Å²) in [6.07, 6.45) is 2.66. The molecule has 8 heteroatoms. The van der Waals surface area contributed by atoms with Gasteiger partial charge in [-0.15, -0.1) is 0 Å². The number of aromatic nitrogens is 2. The average molecular weight is 322 g/mol. The molecule has 0 spiro atoms. The summed E-state index contributed by atoms with van der Waals surface area (Å²) < 4.78 is 26.5. The van der Waals surface area contributed by atoms with Crippen LogP contribution in [0.4, 0.5) is 11.5 Å². The van der Waals surface area contributed by atoms with Gasteiger partial charge in [-0.25, -0.2) is 13.1 Å². The third-order valence-corrected chi connectivity index (χ3v) is 3.44. The number of rotatable bonds is 5. The first-order valence-corrected chi connectivity index (χ1v) is 8.58. The number of carbonyl (C=O) groups is 1. The van der Waals surface area contributed by atoms with Crippen LogP contribution in [0.15, 0.2) is 36.5 Å². The lowest BCUT2D eigenvalue weighted by molar-refractivity contribution is 0.102. The van der Waals surface area contributed by atoms with Gasteiger partial charge in [0.1, 0.15) is 5.82 Å². The highest BCUT2D eigenvalue weighted by Gasteiger charge is 2.12. The van der Waals surface area contributed by atoms with Gasteiger partial charge in [0.05, 0.1) is 12.5 Å². The number of anilines is 2. The Balaban J connectivity index is 2.19. The average Bonchev–Trinajstić information content (AvgIpc) is 2.85. The molecule has 1 heterocycles. The quantitative estimate of drug-likeness (QED) is 0.881. The second-order valence-corrected chi connectivity index (χ2v) is 6.91. The highest BCUT2D eigenvalue weighted by Crippen LogP contribution is 2.16. The molecule has 1 aromatic heterocycles. The van der Waals surface area contributed by atoms with Crippen LogP contribution in [0, 0.1) is 0 Å². The summed E-state index contributed by atoms with van der Waals surface area (Å²) >= 11 is 0. The van der Waals surface area contributed by atoms with Crippen molar-refractivity contribution in [1.29, 1.82) is 0 Å². The zero-order chi connectivity index (χ0) is 16.3. The Kier molecular flexibility index (Phi) is 4.51. The van der Waals surface area contributed by atoms with Gasteiger partial charge in [-0.05, 0) is 32.0 Å². The van der Waals surface area contributed by atoms with E-state index in [4.69, 9.17) is 0 Å². The molecule has 118 valence electrons. The summed E-state index contributed by atoms with van der Waals surface area (Å²) in [6.45, 7) is 3.92. The van der Waals surface area contributed by atoms with Crippen molar-refractivity contribution >= 4 is 27.4 Å². The molecule has 0 unspecified atom stereocenters. The Morgan fingerprint density at radius 1 is 1.27 bits per heavy atom. The maximum absolute atomic E-state index is 12.3. The van der Waals surface area contributed by atoms with Gasteiger partial charge in [0, 0.05) is 23.4 Å². The van der Waals surface area contributed by atoms with Crippen LogP contribution in [0.3, 0.4) is 0 Å². The fourth-order valence-corrected chi connectivity index (χ4v) is 2.51. The van der Waals surface area contributed by atoms with Gasteiger partial charge < -0.3 is 5.32 Å². The minimum Gasteiger partial charge on any atom is -0.307 e. The van der Waals surface area contributed by atoms with Gasteiger partial charge in [0.25, 0.3) is 5.91 Å². The van der Waals surface area contributed by atoms with Gasteiger partial charge in [-0.1, -0.05) is 6.07 Å². The Bertz CT molecular complexity index is 781. The highest BCUT2D eigenvalue weighted by atomic mass is 32.2. The Labute approximate surface area is 129 Å². The molecule has 2 aromatic rings. The number of nitrogens with zero attached hydrogens (tertiary/aromatic N) is 2. The van der Waals surface area contributed by atoms with E-state index in [1.165, 1.54) is 6.07 Å². The Hall–Kier alpha value is -2.35. The van der Waals surface area contributed by atoms with Crippen LogP contribution in [-0.2, 0) is 10.0 Å². The lowest BCUT2D eigenvalue weighted by Crippen LogP contribution is -2.17. The fourth-order valence-electron chi connectivity index (χ4n) is 1.95. The number of amides is 1. The Morgan fingerprint density at radius 2 is 2.00 bits per heavy atom. The molecule has 0 saturated heterocycles. The number of carbonyl (C=O) groups excluding carboxylic acids is 1. The van der Waals surface area contributed by atoms with E-state index in [0.717, 1.165) is 6.26 Å². The lowest BCUT2D eigenvalue weighted by Gasteiger charge is -2.12. The molecular formula is C14H18N4O3S. The van der Waals surface area contributed by atoms with Crippen molar-refractivity contribution in [2.24, 2.45) is 0 Å². The minimum atomic E-state index is -3.38. The van der Waals surface area contributed by atoms with E-state index >= 15 is 0 Å². The normalized spacial score (nSPS) is 11.5. The van der Waals surface area contributed by atoms with E-state index in [1.54, 1.807) is 35.1 Å². The molecule has 2 rings (SSSR count). The van der Waals surface area contributed by atoms with Crippen LogP contribution in [0.5, 0.6) is 0 Å². The molecule has 0 aliphatic heterocycles. The van der Waals surface area contributed by atoms with Crippen LogP contribution < -0.4 is 10.0 Å². The van der Waals surface area contributed by atoms with E-state index in [1.807, 2.05) is 13.8 Å². The van der Waals surface area contributed by atoms with E-state index in [2.05, 4.69) is 15.1 Å². The largest absolute Gasteiger partial charge is 0.307 e. The molecule has 0 atom stereocenters. The number of nitrogens with one attached hydrogen (secondary N) is 2. The highest BCUT2D eigenvalue weighted by molar-refractivity contribution is 7.92. The molecule has 0 radical (unpaired) electrons. The standard InChI is InChI=1S/C14H18N4O3S/c1-10(2)18-13(7-8-15-18)16-14(19)11-5-4-6-12(9-11)17-22(3,20)21/h4-10,17H,1-3H3,(H,16,19). The van der Waals surface area contributed by atoms with E-state index < -0.39 is 10.0 Å². The van der Waals surface area contributed by atoms with E-state index in [9.17, 15) is 13.2 Å². The summed E-state index contributed by atoms with van der Waals surface area (Å²) in [7, 11) is -3.38. The van der Waals surface area contributed by atoms with Crippen LogP contribution in [0.25, 0.3) is 0 Å². The summed E-state index contributed by atoms with van der Waals surface area (Å²) in [5, 5.41) is 6.90. The van der Waals surface area contributed by atoms with Crippen molar-refractivity contribution < 1.29 is 13.2 Å². The van der Waals surface area contributed by atoms with E-state index in [0.29, 0.717) is 17.1 Å². The molecule has 1 amide bonds. The smallest absolute Gasteiger partial charge is 0.256 e. The lowest BCUT2D eigenvalue weighted by atomic mass is 10.2. The molecule has 1 aromatic carbocycles. The number of hydrogen-bond acceptors (Lipinski definition) is 4. The zero-order valence-corrected chi connectivity index (χ0v) is 13.4. The summed E-state index contributed by atoms with van der Waals surface area (Å²) in [5.74, 6) is 0.251. The topological polar surface area (TPSA) is 93.1 Å². The SMILES string of the molecule is CC(C)n1nccc1NC(=O)c1cccc(NS(C)(=O)=O)c1. The molecule has 0 aliphatic carbocycles. The molecule has 7 nitrogen and oxygen atoms in total. The first-order chi connectivity index (χ1) is 10.3. The predicted molar refractivity (Wildman–Crippen MR) is 85.5 cm³/mol. The van der Waals surface area contributed by atoms with Crippen LogP contribution >= 0.6 is 0 Å². The van der Waals surface area contributed by atoms with Gasteiger partial charge in [-0.3, -0.25) is 9.52 Å². The first kappa shape index (κ1) is 16.0. The second-order valence-electron chi connectivity index (χ2n) is 5.16. The van der Waals surface area contributed by atoms with Crippen molar-refractivity contribution in [3.8, 4) is 0 Å². The number of benzene rings is 1. The molecule has 0 saturated carbocycles. The molecule has 0 fully saturated rings. The van der Waals surface area contributed by atoms with E-state index in [-0.39, 0.29) is 11.9 Å². The van der Waals surface area contributed by atoms with Crippen LogP contribution in [0.1, 0.15) is 30.2 Å². The van der Waals surface area contributed by atoms with Crippen molar-refractivity contribution in [2.75, 3.05) is 16.3 Å². The fraction of sp³-hybridized carbons (Fsp3) is 0.286. The van der Waals surface area contributed by atoms with Crippen LogP contribution in [0.2, 0.25) is 0 Å². The van der Waals surface area contributed by atoms with Gasteiger partial charge in [0.2, 0.25) is 10.0 Å². The van der Waals surface area contributed by atoms with Crippen LogP contribution in [-0.4, -0.2) is 30.4 Å². The molecular weight excluding hydrogens is 304 g/mol. The Morgan fingerprint density at radius 3 is 2.64 bits per heavy atom. The van der Waals surface area contributed by atoms with Gasteiger partial charge >= 0.3 is 0 Å². The molecule has 0 bridgehead atoms. The minimum absolute atomic E-state index is 0.114. The molecule has 2 N–H and O–H groups in total. The summed E-state index contributed by atoms with van der Waals surface area (Å²) in [5.41, 5.74) is 0.692. The third-order valence-electron chi connectivity index (χ3n) is 2.83. The monoisotopic (exact) mass is 322 g/mol. The summed E-state index contributed by atoms with van der Waals surface area (Å²) in [6, 6.07) is 8.10. The van der Waals surface area contributed by atoms with Crippen molar-refractivity contribution in [2.45, 2.75) is 19.9 Å². The van der Waals surface area contributed by atoms with Crippen molar-refractivity contribution in [3.63, 3.8) is 0 Å². The maximum Gasteiger partial charge on any atom is 0.256 e. The maximum atomic E-state index is 12.3. The second kappa shape index (κ2) is 6.18. The number of hydrogen-bond donors (Lipinski definition) is 2. The molecule has 0 aliphatic rings. The van der Waals surface area contributed by atoms with Crippen molar-refractivity contribution in [3.05, 3.63) is 42.1 Å². The van der Waals surface area contributed by atoms with Gasteiger partial charge in [-0.2, -0.15) is 5.10 Å². The first-order valence-electron chi connectivity index (χ1n) is 6.69. The van der Waals surface area contributed by atoms with Crippen molar-refractivity contribution in [1.82, 2.24) is 9.78 Å². The third kappa shape index (κ3) is 4.08. The zero-order valence-electron chi connectivity index (χ0n) is 12.6. The number of sulfonamides is 1. The summed E-state index contributed by atoms with van der Waals surface area (Å²) in [4.78, 5) is 12.3. The van der Waals surface area contributed by atoms with Gasteiger partial charge in [0.15, 0.2) is 0 Å². The molecule has 22 heavy (non-hydrogen) atoms.